The second-order valence-electron chi connectivity index (χ2n) is 16.8. The molecule has 14 unspecified atom stereocenters. The van der Waals surface area contributed by atoms with E-state index in [0.717, 1.165) is 63.1 Å². The number of aliphatic carboxylic acids is 2. The standard InChI is InChI=1S/C34H70Cl2N20O4S2/c35-23-43-27(39-9-13-61-33-49-25(37)47-31(53-33)55-11-1-3-17(15-55)21(57)58)51-29(45-23)41-19-5-7-20(8-6-19)42-30-46-24(36)44-28(52-30)40-10-14-62-34-50-26(38)48-32(54-34)56-12-2-4-18(16-56)22(59)60/h17-20,23-34,39-54H,1-16,37-38H2,(H,57,58)(H,59,60)/i/hD2. The zero-order valence-electron chi connectivity index (χ0n) is 36.7. The van der Waals surface area contributed by atoms with Gasteiger partial charge in [-0.15, -0.1) is 23.5 Å². The number of nitrogens with one attached hydrogen (secondary N) is 16. The van der Waals surface area contributed by atoms with Gasteiger partial charge in [0.05, 0.1) is 11.8 Å². The minimum atomic E-state index is -0.767. The number of likely N-dealkylation sites (tertiary alicyclic amines) is 2. The zero-order chi connectivity index (χ0) is 45.0. The number of thioether (sulfide) groups is 2. The number of piperidine rings is 2. The van der Waals surface area contributed by atoms with Crippen molar-refractivity contribution in [2.75, 3.05) is 50.8 Å². The third kappa shape index (κ3) is 15.2. The Kier molecular flexibility index (Phi) is 18.3. The van der Waals surface area contributed by atoms with Gasteiger partial charge >= 0.3 is 11.9 Å². The van der Waals surface area contributed by atoms with Crippen LogP contribution in [-0.2, 0) is 9.59 Å². The van der Waals surface area contributed by atoms with Crippen molar-refractivity contribution in [3.63, 3.8) is 0 Å². The summed E-state index contributed by atoms with van der Waals surface area (Å²) in [6.07, 6.45) is 4.66. The van der Waals surface area contributed by atoms with Crippen LogP contribution in [0.25, 0.3) is 0 Å². The van der Waals surface area contributed by atoms with Crippen molar-refractivity contribution in [1.29, 1.82) is 0 Å². The first-order valence-corrected chi connectivity index (χ1v) is 24.9. The molecule has 0 spiro atoms. The number of rotatable bonds is 20. The Bertz CT molecular complexity index is 1350. The molecule has 6 heterocycles. The molecule has 0 bridgehead atoms. The highest BCUT2D eigenvalue weighted by Crippen LogP contribution is 2.22. The van der Waals surface area contributed by atoms with E-state index in [4.69, 9.17) is 26.0 Å². The highest BCUT2D eigenvalue weighted by Gasteiger charge is 2.37. The minimum Gasteiger partial charge on any atom is -0.481 e. The Morgan fingerprint density at radius 1 is 0.597 bits per heavy atom. The lowest BCUT2D eigenvalue weighted by Crippen LogP contribution is -2.75. The molecule has 0 aromatic rings. The molecule has 1 saturated carbocycles. The van der Waals surface area contributed by atoms with Crippen LogP contribution >= 0.6 is 46.7 Å². The molecule has 1 aliphatic carbocycles. The van der Waals surface area contributed by atoms with Crippen molar-refractivity contribution in [2.45, 2.75) is 136 Å². The summed E-state index contributed by atoms with van der Waals surface area (Å²) in [5.41, 5.74) is 3.82. The molecule has 24 nitrogen and oxygen atoms in total. The average Bonchev–Trinajstić information content (AvgIpc) is 3.29. The Hall–Kier alpha value is -0.580. The summed E-state index contributed by atoms with van der Waals surface area (Å²) in [5, 5.41) is 74.0. The van der Waals surface area contributed by atoms with Gasteiger partial charge in [0, 0.05) is 62.9 Å². The van der Waals surface area contributed by atoms with Gasteiger partial charge in [0.25, 0.3) is 0 Å². The van der Waals surface area contributed by atoms with Crippen LogP contribution in [0, 0.1) is 11.8 Å². The van der Waals surface area contributed by atoms with Gasteiger partial charge in [0.1, 0.15) is 75.4 Å². The highest BCUT2D eigenvalue weighted by molar-refractivity contribution is 8.00. The average molecular weight is 960 g/mol. The van der Waals surface area contributed by atoms with E-state index in [0.29, 0.717) is 51.1 Å². The third-order valence-corrected chi connectivity index (χ3v) is 14.8. The molecule has 0 aromatic carbocycles. The minimum absolute atomic E-state index is 0.151. The van der Waals surface area contributed by atoms with Crippen molar-refractivity contribution in [3.8, 4) is 0 Å². The fourth-order valence-electron chi connectivity index (χ4n) is 8.99. The van der Waals surface area contributed by atoms with E-state index >= 15 is 0 Å². The van der Waals surface area contributed by atoms with Gasteiger partial charge < -0.3 is 21.7 Å². The van der Waals surface area contributed by atoms with Gasteiger partial charge in [0.2, 0.25) is 0 Å². The van der Waals surface area contributed by atoms with Gasteiger partial charge in [-0.2, -0.15) is 0 Å². The molecule has 0 amide bonds. The van der Waals surface area contributed by atoms with Gasteiger partial charge in [-0.25, -0.2) is 0 Å². The van der Waals surface area contributed by atoms with E-state index in [1.165, 1.54) is 0 Å². The fraction of sp³-hybridized carbons (Fsp3) is 0.941. The zero-order valence-corrected chi connectivity index (χ0v) is 37.9. The normalized spacial score (nSPS) is 42.2. The third-order valence-electron chi connectivity index (χ3n) is 12.2. The maximum atomic E-state index is 11.6. The van der Waals surface area contributed by atoms with Crippen LogP contribution in [0.3, 0.4) is 0 Å². The Morgan fingerprint density at radius 2 is 1.02 bits per heavy atom. The maximum absolute atomic E-state index is 11.6. The SMILES string of the molecule is [2H]NC1NC(SCCNC2NC(Cl)NC(NC3CCC(NC4NC(Cl)NC(NCCSC5NC(N[2H])NC(N6CCCC(C(=O)O)C6)N5)N4)CC3)N2)NC(N2CCCC(C(=O)O)C2)N1. The van der Waals surface area contributed by atoms with E-state index in [9.17, 15) is 19.8 Å². The summed E-state index contributed by atoms with van der Waals surface area (Å²) in [4.78, 5) is 27.5. The number of hydrogen-bond donors (Lipinski definition) is 20. The van der Waals surface area contributed by atoms with E-state index in [1.54, 1.807) is 23.5 Å². The number of carbonyl (C=O) groups is 2. The number of carboxylic acids is 2. The maximum Gasteiger partial charge on any atom is 0.307 e. The summed E-state index contributed by atoms with van der Waals surface area (Å²) < 4.78 is 15.5. The monoisotopic (exact) mass is 958 g/mol. The largest absolute Gasteiger partial charge is 0.481 e. The lowest BCUT2D eigenvalue weighted by atomic mass is 9.91. The van der Waals surface area contributed by atoms with Crippen molar-refractivity contribution in [2.24, 2.45) is 23.3 Å². The Labute approximate surface area is 384 Å². The Morgan fingerprint density at radius 3 is 1.42 bits per heavy atom. The summed E-state index contributed by atoms with van der Waals surface area (Å²) in [6.45, 7) is 3.85. The van der Waals surface area contributed by atoms with Crippen molar-refractivity contribution in [3.05, 3.63) is 0 Å². The molecule has 0 radical (unpaired) electrons. The van der Waals surface area contributed by atoms with Crippen molar-refractivity contribution in [1.82, 2.24) is 94.9 Å². The molecule has 7 fully saturated rings. The predicted molar refractivity (Wildman–Crippen MR) is 240 cm³/mol. The quantitative estimate of drug-likeness (QED) is 0.0308. The van der Waals surface area contributed by atoms with Gasteiger partial charge in [-0.3, -0.25) is 104 Å². The number of carboxylic acid groups (broad SMARTS) is 2. The van der Waals surface area contributed by atoms with Crippen LogP contribution in [0.4, 0.5) is 0 Å². The molecular weight excluding hydrogens is 888 g/mol. The van der Waals surface area contributed by atoms with E-state index in [1.807, 2.05) is 0 Å². The lowest BCUT2D eigenvalue weighted by molar-refractivity contribution is -0.145. The predicted octanol–water partition coefficient (Wildman–Crippen LogP) is -5.36. The van der Waals surface area contributed by atoms with Crippen LogP contribution < -0.4 is 96.5 Å². The second kappa shape index (κ2) is 24.4. The first-order chi connectivity index (χ1) is 31.0. The molecule has 6 aliphatic heterocycles. The van der Waals surface area contributed by atoms with E-state index in [-0.39, 0.29) is 48.7 Å². The van der Waals surface area contributed by atoms with Crippen LogP contribution in [0.2, 0.25) is 2.82 Å². The summed E-state index contributed by atoms with van der Waals surface area (Å²) in [6, 6.07) is 0.593. The van der Waals surface area contributed by atoms with Crippen molar-refractivity contribution >= 4 is 58.7 Å². The number of halogens is 2. The fourth-order valence-corrected chi connectivity index (χ4v) is 11.3. The summed E-state index contributed by atoms with van der Waals surface area (Å²) >= 11 is 16.5. The van der Waals surface area contributed by atoms with E-state index in [2.05, 4.69) is 106 Å². The van der Waals surface area contributed by atoms with Crippen molar-refractivity contribution < 1.29 is 22.6 Å². The highest BCUT2D eigenvalue weighted by atomic mass is 35.5. The van der Waals surface area contributed by atoms with Gasteiger partial charge in [0.15, 0.2) is 0 Å². The molecule has 7 rings (SSSR count). The first kappa shape index (κ1) is 46.5. The molecule has 28 heteroatoms. The molecular formula is C34H70Cl2N20O4S2. The summed E-state index contributed by atoms with van der Waals surface area (Å²) in [5.74, 6) is -0.801. The van der Waals surface area contributed by atoms with Crippen LogP contribution in [0.1, 0.15) is 51.4 Å². The number of nitrogens with two attached hydrogens (primary N) is 2. The Balaban J connectivity index is 0.761. The van der Waals surface area contributed by atoms with Crippen LogP contribution in [0.15, 0.2) is 0 Å². The number of alkyl halides is 2. The smallest absolute Gasteiger partial charge is 0.307 e. The lowest BCUT2D eigenvalue weighted by Gasteiger charge is -2.44. The van der Waals surface area contributed by atoms with Gasteiger partial charge in [-0.1, -0.05) is 23.2 Å². The van der Waals surface area contributed by atoms with Gasteiger partial charge in [-0.05, 0) is 51.4 Å². The summed E-state index contributed by atoms with van der Waals surface area (Å²) in [7, 11) is 0. The molecule has 356 valence electrons. The molecule has 7 aliphatic rings. The topological polar surface area (TPSA) is 326 Å². The molecule has 6 saturated heterocycles. The second-order valence-corrected chi connectivity index (χ2v) is 20.1. The van der Waals surface area contributed by atoms with E-state index < -0.39 is 47.6 Å². The number of hydrogen-bond acceptors (Lipinski definition) is 24. The van der Waals surface area contributed by atoms with Crippen LogP contribution in [0.5, 0.6) is 0 Å². The molecule has 22 N–H and O–H groups in total. The first-order valence-electron chi connectivity index (χ1n) is 22.9. The molecule has 62 heavy (non-hydrogen) atoms. The number of nitrogens with zero attached hydrogens (tertiary/aromatic N) is 2. The molecule has 14 atom stereocenters. The molecule has 0 aromatic heterocycles. The van der Waals surface area contributed by atoms with Crippen LogP contribution in [-0.4, -0.2) is 167 Å².